The third-order valence-electron chi connectivity index (χ3n) is 3.89. The Morgan fingerprint density at radius 3 is 2.67 bits per heavy atom. The summed E-state index contributed by atoms with van der Waals surface area (Å²) in [6, 6.07) is 13.4. The molecule has 2 aromatic carbocycles. The summed E-state index contributed by atoms with van der Waals surface area (Å²) in [5, 5.41) is 11.4. The van der Waals surface area contributed by atoms with E-state index >= 15 is 0 Å². The highest BCUT2D eigenvalue weighted by Gasteiger charge is 2.18. The molecule has 0 saturated carbocycles. The SMILES string of the molecule is COc1cccc(C(=O)Nc2nnc(SCc3ccccc3C)s2)c1OC. The monoisotopic (exact) mass is 401 g/mol. The molecule has 0 atom stereocenters. The molecule has 1 amide bonds. The third-order valence-corrected chi connectivity index (χ3v) is 5.91. The van der Waals surface area contributed by atoms with Crippen molar-refractivity contribution in [3.8, 4) is 11.5 Å². The molecule has 27 heavy (non-hydrogen) atoms. The van der Waals surface area contributed by atoms with Crippen LogP contribution >= 0.6 is 23.1 Å². The van der Waals surface area contributed by atoms with E-state index < -0.39 is 0 Å². The third kappa shape index (κ3) is 4.58. The number of methoxy groups -OCH3 is 2. The lowest BCUT2D eigenvalue weighted by molar-refractivity contribution is 0.102. The summed E-state index contributed by atoms with van der Waals surface area (Å²) in [6.45, 7) is 2.09. The van der Waals surface area contributed by atoms with Gasteiger partial charge < -0.3 is 9.47 Å². The van der Waals surface area contributed by atoms with Gasteiger partial charge in [-0.2, -0.15) is 0 Å². The number of amides is 1. The van der Waals surface area contributed by atoms with Gasteiger partial charge in [0.2, 0.25) is 5.13 Å². The fourth-order valence-corrected chi connectivity index (χ4v) is 4.28. The van der Waals surface area contributed by atoms with Crippen molar-refractivity contribution < 1.29 is 14.3 Å². The number of thioether (sulfide) groups is 1. The standard InChI is InChI=1S/C19H19N3O3S2/c1-12-7-4-5-8-13(12)11-26-19-22-21-18(27-19)20-17(23)14-9-6-10-15(24-2)16(14)25-3/h4-10H,11H2,1-3H3,(H,20,21,23). The normalized spacial score (nSPS) is 10.5. The van der Waals surface area contributed by atoms with Gasteiger partial charge in [0.15, 0.2) is 15.8 Å². The summed E-state index contributed by atoms with van der Waals surface area (Å²) in [6.07, 6.45) is 0. The topological polar surface area (TPSA) is 73.3 Å². The predicted octanol–water partition coefficient (Wildman–Crippen LogP) is 4.41. The summed E-state index contributed by atoms with van der Waals surface area (Å²) in [7, 11) is 3.03. The van der Waals surface area contributed by atoms with Crippen LogP contribution in [0.15, 0.2) is 46.8 Å². The van der Waals surface area contributed by atoms with Gasteiger partial charge in [-0.15, -0.1) is 10.2 Å². The van der Waals surface area contributed by atoms with Crippen LogP contribution in [0.2, 0.25) is 0 Å². The molecule has 140 valence electrons. The fourth-order valence-electron chi connectivity index (χ4n) is 2.46. The number of nitrogens with zero attached hydrogens (tertiary/aromatic N) is 2. The van der Waals surface area contributed by atoms with Crippen molar-refractivity contribution in [3.63, 3.8) is 0 Å². The van der Waals surface area contributed by atoms with Crippen LogP contribution < -0.4 is 14.8 Å². The number of aromatic nitrogens is 2. The Bertz CT molecular complexity index is 943. The molecule has 6 nitrogen and oxygen atoms in total. The van der Waals surface area contributed by atoms with Crippen molar-refractivity contribution >= 4 is 34.1 Å². The van der Waals surface area contributed by atoms with E-state index in [2.05, 4.69) is 34.6 Å². The lowest BCUT2D eigenvalue weighted by atomic mass is 10.1. The van der Waals surface area contributed by atoms with E-state index in [0.29, 0.717) is 22.2 Å². The Kier molecular flexibility index (Phi) is 6.31. The highest BCUT2D eigenvalue weighted by Crippen LogP contribution is 2.32. The molecule has 3 aromatic rings. The lowest BCUT2D eigenvalue weighted by Gasteiger charge is -2.11. The molecular weight excluding hydrogens is 382 g/mol. The van der Waals surface area contributed by atoms with Crippen molar-refractivity contribution in [2.24, 2.45) is 0 Å². The van der Waals surface area contributed by atoms with Gasteiger partial charge in [-0.25, -0.2) is 0 Å². The van der Waals surface area contributed by atoms with Crippen molar-refractivity contribution in [1.82, 2.24) is 10.2 Å². The molecule has 3 rings (SSSR count). The fraction of sp³-hybridized carbons (Fsp3) is 0.211. The largest absolute Gasteiger partial charge is 0.493 e. The second-order valence-corrected chi connectivity index (χ2v) is 7.78. The number of benzene rings is 2. The summed E-state index contributed by atoms with van der Waals surface area (Å²) < 4.78 is 11.3. The van der Waals surface area contributed by atoms with Gasteiger partial charge in [0.1, 0.15) is 0 Å². The van der Waals surface area contributed by atoms with Gasteiger partial charge in [0, 0.05) is 5.75 Å². The molecule has 0 aliphatic heterocycles. The van der Waals surface area contributed by atoms with Gasteiger partial charge in [0.05, 0.1) is 19.8 Å². The molecule has 0 radical (unpaired) electrons. The molecule has 0 unspecified atom stereocenters. The molecule has 0 aliphatic rings. The first-order valence-corrected chi connectivity index (χ1v) is 9.95. The van der Waals surface area contributed by atoms with E-state index in [4.69, 9.17) is 9.47 Å². The molecule has 1 aromatic heterocycles. The zero-order valence-electron chi connectivity index (χ0n) is 15.2. The number of hydrogen-bond acceptors (Lipinski definition) is 7. The van der Waals surface area contributed by atoms with E-state index in [1.807, 2.05) is 12.1 Å². The molecule has 8 heteroatoms. The quantitative estimate of drug-likeness (QED) is 0.467. The first-order valence-electron chi connectivity index (χ1n) is 8.15. The first-order chi connectivity index (χ1) is 13.1. The van der Waals surface area contributed by atoms with E-state index in [9.17, 15) is 4.79 Å². The number of rotatable bonds is 7. The Morgan fingerprint density at radius 1 is 1.11 bits per heavy atom. The average Bonchev–Trinajstić information content (AvgIpc) is 3.13. The maximum absolute atomic E-state index is 12.6. The van der Waals surface area contributed by atoms with Gasteiger partial charge in [-0.05, 0) is 30.2 Å². The molecule has 0 saturated heterocycles. The molecule has 0 bridgehead atoms. The average molecular weight is 402 g/mol. The van der Waals surface area contributed by atoms with Crippen LogP contribution in [0, 0.1) is 6.92 Å². The Morgan fingerprint density at radius 2 is 1.93 bits per heavy atom. The van der Waals surface area contributed by atoms with Crippen LogP contribution in [0.1, 0.15) is 21.5 Å². The maximum Gasteiger partial charge on any atom is 0.261 e. The molecule has 1 heterocycles. The van der Waals surface area contributed by atoms with Crippen molar-refractivity contribution in [2.75, 3.05) is 19.5 Å². The highest BCUT2D eigenvalue weighted by atomic mass is 32.2. The van der Waals surface area contributed by atoms with Crippen LogP contribution in [-0.2, 0) is 5.75 Å². The number of carbonyl (C=O) groups excluding carboxylic acids is 1. The van der Waals surface area contributed by atoms with Crippen molar-refractivity contribution in [1.29, 1.82) is 0 Å². The predicted molar refractivity (Wildman–Crippen MR) is 108 cm³/mol. The minimum Gasteiger partial charge on any atom is -0.493 e. The number of nitrogens with one attached hydrogen (secondary N) is 1. The van der Waals surface area contributed by atoms with Crippen LogP contribution in [0.25, 0.3) is 0 Å². The minimum atomic E-state index is -0.322. The van der Waals surface area contributed by atoms with Crippen molar-refractivity contribution in [2.45, 2.75) is 17.0 Å². The molecule has 0 aliphatic carbocycles. The molecular formula is C19H19N3O3S2. The van der Waals surface area contributed by atoms with E-state index in [1.165, 1.54) is 36.7 Å². The summed E-state index contributed by atoms with van der Waals surface area (Å²) in [5.74, 6) is 1.37. The number of para-hydroxylation sites is 1. The van der Waals surface area contributed by atoms with Gasteiger partial charge >= 0.3 is 0 Å². The number of aryl methyl sites for hydroxylation is 1. The van der Waals surface area contributed by atoms with Gasteiger partial charge in [-0.1, -0.05) is 53.4 Å². The molecule has 0 spiro atoms. The van der Waals surface area contributed by atoms with E-state index in [1.54, 1.807) is 30.0 Å². The van der Waals surface area contributed by atoms with Gasteiger partial charge in [-0.3, -0.25) is 10.1 Å². The zero-order chi connectivity index (χ0) is 19.2. The lowest BCUT2D eigenvalue weighted by Crippen LogP contribution is -2.13. The van der Waals surface area contributed by atoms with E-state index in [-0.39, 0.29) is 5.91 Å². The van der Waals surface area contributed by atoms with Crippen LogP contribution in [0.5, 0.6) is 11.5 Å². The van der Waals surface area contributed by atoms with Crippen LogP contribution in [0.3, 0.4) is 0 Å². The summed E-state index contributed by atoms with van der Waals surface area (Å²) in [5.41, 5.74) is 2.87. The van der Waals surface area contributed by atoms with Crippen LogP contribution in [0.4, 0.5) is 5.13 Å². The Hall–Kier alpha value is -2.58. The summed E-state index contributed by atoms with van der Waals surface area (Å²) in [4.78, 5) is 12.6. The Labute approximate surface area is 165 Å². The minimum absolute atomic E-state index is 0.322. The molecule has 1 N–H and O–H groups in total. The number of carbonyl (C=O) groups is 1. The number of hydrogen-bond donors (Lipinski definition) is 1. The number of ether oxygens (including phenoxy) is 2. The highest BCUT2D eigenvalue weighted by molar-refractivity contribution is 8.00. The maximum atomic E-state index is 12.6. The molecule has 0 fully saturated rings. The smallest absolute Gasteiger partial charge is 0.261 e. The van der Waals surface area contributed by atoms with Crippen LogP contribution in [-0.4, -0.2) is 30.3 Å². The second-order valence-electron chi connectivity index (χ2n) is 5.58. The summed E-state index contributed by atoms with van der Waals surface area (Å²) >= 11 is 2.94. The van der Waals surface area contributed by atoms with E-state index in [0.717, 1.165) is 10.1 Å². The zero-order valence-corrected chi connectivity index (χ0v) is 16.8. The van der Waals surface area contributed by atoms with Gasteiger partial charge in [0.25, 0.3) is 5.91 Å². The Balaban J connectivity index is 1.67. The second kappa shape index (κ2) is 8.88. The number of anilines is 1. The first kappa shape index (κ1) is 19.2. The van der Waals surface area contributed by atoms with Crippen molar-refractivity contribution in [3.05, 3.63) is 59.2 Å².